The van der Waals surface area contributed by atoms with Crippen LogP contribution in [0.3, 0.4) is 0 Å². The third-order valence-corrected chi connectivity index (χ3v) is 6.87. The van der Waals surface area contributed by atoms with Crippen molar-refractivity contribution in [3.63, 3.8) is 0 Å². The molecule has 1 aliphatic rings. The maximum Gasteiger partial charge on any atom is 0.301 e. The Labute approximate surface area is 177 Å². The highest BCUT2D eigenvalue weighted by Gasteiger charge is 2.47. The van der Waals surface area contributed by atoms with Gasteiger partial charge in [0.1, 0.15) is 0 Å². The smallest absolute Gasteiger partial charge is 0.301 e. The molecule has 31 heavy (non-hydrogen) atoms. The summed E-state index contributed by atoms with van der Waals surface area (Å²) in [4.78, 5) is 0. The van der Waals surface area contributed by atoms with Crippen LogP contribution in [0.25, 0.3) is 54.5 Å². The number of aryl methyl sites for hydroxylation is 1. The van der Waals surface area contributed by atoms with Gasteiger partial charge in [-0.25, -0.2) is 0 Å². The number of aromatic nitrogens is 1. The van der Waals surface area contributed by atoms with Crippen LogP contribution in [0.5, 0.6) is 0 Å². The van der Waals surface area contributed by atoms with Gasteiger partial charge in [0.05, 0.1) is 11.1 Å². The summed E-state index contributed by atoms with van der Waals surface area (Å²) in [5.41, 5.74) is 3.12. The standard InChI is InChI=1S/C28H17F2N/c1-31-23-13-7-5-11-19(23)25-21-15-17-9-3-2-8-16(17)14-20(21)24-18-10-4-6-12-22(18)28(29,30)26(24)27(25)31/h2-15H,1H3. The molecule has 3 heteroatoms. The molecular formula is C28H17F2N. The second-order valence-electron chi connectivity index (χ2n) is 8.41. The lowest BCUT2D eigenvalue weighted by atomic mass is 9.91. The van der Waals surface area contributed by atoms with Crippen LogP contribution in [0.4, 0.5) is 8.78 Å². The minimum atomic E-state index is -3.05. The van der Waals surface area contributed by atoms with E-state index in [1.807, 2.05) is 66.2 Å². The van der Waals surface area contributed by atoms with Gasteiger partial charge in [-0.1, -0.05) is 66.7 Å². The molecule has 148 valence electrons. The molecule has 0 saturated carbocycles. The first-order chi connectivity index (χ1) is 15.1. The van der Waals surface area contributed by atoms with Crippen molar-refractivity contribution >= 4 is 43.4 Å². The summed E-state index contributed by atoms with van der Waals surface area (Å²) in [6.45, 7) is 0. The normalized spacial score (nSPS) is 14.5. The average Bonchev–Trinajstić information content (AvgIpc) is 3.22. The van der Waals surface area contributed by atoms with Crippen molar-refractivity contribution in [1.29, 1.82) is 0 Å². The van der Waals surface area contributed by atoms with E-state index in [-0.39, 0.29) is 11.1 Å². The Kier molecular flexibility index (Phi) is 3.02. The summed E-state index contributed by atoms with van der Waals surface area (Å²) >= 11 is 0. The molecule has 0 unspecified atom stereocenters. The molecule has 0 N–H and O–H groups in total. The van der Waals surface area contributed by atoms with Gasteiger partial charge in [0.15, 0.2) is 0 Å². The number of hydrogen-bond acceptors (Lipinski definition) is 0. The van der Waals surface area contributed by atoms with E-state index in [2.05, 4.69) is 18.2 Å². The van der Waals surface area contributed by atoms with E-state index in [9.17, 15) is 0 Å². The van der Waals surface area contributed by atoms with Crippen LogP contribution in [0.2, 0.25) is 0 Å². The van der Waals surface area contributed by atoms with Gasteiger partial charge >= 0.3 is 5.92 Å². The Morgan fingerprint density at radius 2 is 1.35 bits per heavy atom. The van der Waals surface area contributed by atoms with Crippen LogP contribution in [-0.2, 0) is 13.0 Å². The fourth-order valence-corrected chi connectivity index (χ4v) is 5.56. The van der Waals surface area contributed by atoms with Gasteiger partial charge in [-0.05, 0) is 45.3 Å². The molecule has 0 saturated heterocycles. The summed E-state index contributed by atoms with van der Waals surface area (Å²) in [6, 6.07) is 27.3. The van der Waals surface area contributed by atoms with E-state index in [1.54, 1.807) is 12.1 Å². The number of fused-ring (bicyclic) bond motifs is 11. The first kappa shape index (κ1) is 17.0. The summed E-state index contributed by atoms with van der Waals surface area (Å²) in [5.74, 6) is -3.05. The fourth-order valence-electron chi connectivity index (χ4n) is 5.56. The van der Waals surface area contributed by atoms with E-state index in [1.165, 1.54) is 0 Å². The number of hydrogen-bond donors (Lipinski definition) is 0. The Morgan fingerprint density at radius 3 is 2.16 bits per heavy atom. The predicted octanol–water partition coefficient (Wildman–Crippen LogP) is 7.76. The Balaban J connectivity index is 1.87. The van der Waals surface area contributed by atoms with Gasteiger partial charge in [-0.2, -0.15) is 8.78 Å². The molecule has 0 fully saturated rings. The zero-order valence-electron chi connectivity index (χ0n) is 16.8. The van der Waals surface area contributed by atoms with Crippen molar-refractivity contribution in [2.45, 2.75) is 5.92 Å². The number of alkyl halides is 2. The lowest BCUT2D eigenvalue weighted by molar-refractivity contribution is 0.0493. The van der Waals surface area contributed by atoms with Crippen molar-refractivity contribution in [3.05, 3.63) is 96.1 Å². The number of halogens is 2. The van der Waals surface area contributed by atoms with Crippen molar-refractivity contribution in [3.8, 4) is 11.1 Å². The number of benzene rings is 5. The summed E-state index contributed by atoms with van der Waals surface area (Å²) in [6.07, 6.45) is 0. The summed E-state index contributed by atoms with van der Waals surface area (Å²) in [5, 5.41) is 6.01. The molecule has 5 aromatic carbocycles. The zero-order chi connectivity index (χ0) is 20.9. The fraction of sp³-hybridized carbons (Fsp3) is 0.0714. The Hall–Kier alpha value is -3.72. The summed E-state index contributed by atoms with van der Waals surface area (Å²) in [7, 11) is 1.90. The number of para-hydroxylation sites is 1. The highest BCUT2D eigenvalue weighted by molar-refractivity contribution is 6.27. The minimum Gasteiger partial charge on any atom is -0.343 e. The average molecular weight is 405 g/mol. The lowest BCUT2D eigenvalue weighted by Gasteiger charge is -2.17. The monoisotopic (exact) mass is 405 g/mol. The predicted molar refractivity (Wildman–Crippen MR) is 124 cm³/mol. The van der Waals surface area contributed by atoms with E-state index in [0.29, 0.717) is 16.6 Å². The molecule has 0 spiro atoms. The molecule has 1 aliphatic carbocycles. The SMILES string of the molecule is Cn1c2ccccc2c2c3cc4ccccc4cc3c3c(c21)C(F)(F)c1ccccc1-3. The van der Waals surface area contributed by atoms with E-state index >= 15 is 8.78 Å². The molecule has 0 amide bonds. The lowest BCUT2D eigenvalue weighted by Crippen LogP contribution is -2.12. The molecule has 0 bridgehead atoms. The topological polar surface area (TPSA) is 4.93 Å². The van der Waals surface area contributed by atoms with E-state index in [4.69, 9.17) is 0 Å². The van der Waals surface area contributed by atoms with Gasteiger partial charge < -0.3 is 4.57 Å². The molecular weight excluding hydrogens is 388 g/mol. The van der Waals surface area contributed by atoms with Gasteiger partial charge in [0.25, 0.3) is 0 Å². The van der Waals surface area contributed by atoms with Gasteiger partial charge in [0, 0.05) is 34.5 Å². The highest BCUT2D eigenvalue weighted by atomic mass is 19.3. The maximum atomic E-state index is 16.0. The first-order valence-electron chi connectivity index (χ1n) is 10.4. The molecule has 6 aromatic rings. The second kappa shape index (κ2) is 5.50. The number of nitrogens with zero attached hydrogens (tertiary/aromatic N) is 1. The van der Waals surface area contributed by atoms with Gasteiger partial charge in [0.2, 0.25) is 0 Å². The van der Waals surface area contributed by atoms with Crippen LogP contribution in [0, 0.1) is 0 Å². The van der Waals surface area contributed by atoms with E-state index in [0.717, 1.165) is 37.8 Å². The van der Waals surface area contributed by atoms with Gasteiger partial charge in [-0.15, -0.1) is 0 Å². The largest absolute Gasteiger partial charge is 0.343 e. The quantitative estimate of drug-likeness (QED) is 0.228. The Morgan fingerprint density at radius 1 is 0.710 bits per heavy atom. The molecule has 0 radical (unpaired) electrons. The van der Waals surface area contributed by atoms with Crippen LogP contribution in [0.1, 0.15) is 11.1 Å². The number of rotatable bonds is 0. The van der Waals surface area contributed by atoms with Crippen molar-refractivity contribution < 1.29 is 8.78 Å². The molecule has 1 heterocycles. The van der Waals surface area contributed by atoms with Crippen LogP contribution < -0.4 is 0 Å². The second-order valence-corrected chi connectivity index (χ2v) is 8.41. The maximum absolute atomic E-state index is 16.0. The highest BCUT2D eigenvalue weighted by Crippen LogP contribution is 2.57. The van der Waals surface area contributed by atoms with Crippen LogP contribution in [-0.4, -0.2) is 4.57 Å². The first-order valence-corrected chi connectivity index (χ1v) is 10.4. The van der Waals surface area contributed by atoms with E-state index < -0.39 is 5.92 Å². The molecule has 0 atom stereocenters. The summed E-state index contributed by atoms with van der Waals surface area (Å²) < 4.78 is 33.9. The van der Waals surface area contributed by atoms with Crippen LogP contribution >= 0.6 is 0 Å². The zero-order valence-corrected chi connectivity index (χ0v) is 16.8. The minimum absolute atomic E-state index is 0.0946. The molecule has 7 rings (SSSR count). The molecule has 1 nitrogen and oxygen atoms in total. The third-order valence-electron chi connectivity index (χ3n) is 6.87. The van der Waals surface area contributed by atoms with Crippen molar-refractivity contribution in [2.24, 2.45) is 7.05 Å². The van der Waals surface area contributed by atoms with Gasteiger partial charge in [-0.3, -0.25) is 0 Å². The third kappa shape index (κ3) is 1.94. The molecule has 1 aromatic heterocycles. The van der Waals surface area contributed by atoms with Crippen molar-refractivity contribution in [2.75, 3.05) is 0 Å². The molecule has 0 aliphatic heterocycles. The van der Waals surface area contributed by atoms with Crippen molar-refractivity contribution in [1.82, 2.24) is 4.57 Å². The Bertz CT molecular complexity index is 1720. The van der Waals surface area contributed by atoms with Crippen LogP contribution in [0.15, 0.2) is 84.9 Å².